The van der Waals surface area contributed by atoms with E-state index in [0.717, 1.165) is 43.7 Å². The number of hydrogen-bond donors (Lipinski definition) is 0. The number of sulfonamides is 1. The van der Waals surface area contributed by atoms with Gasteiger partial charge in [-0.05, 0) is 55.2 Å². The Morgan fingerprint density at radius 3 is 2.58 bits per heavy atom. The van der Waals surface area contributed by atoms with Crippen LogP contribution in [0.1, 0.15) is 79.3 Å². The summed E-state index contributed by atoms with van der Waals surface area (Å²) >= 11 is 1.18. The van der Waals surface area contributed by atoms with Crippen molar-refractivity contribution in [3.63, 3.8) is 0 Å². The topological polar surface area (TPSA) is 57.7 Å². The van der Waals surface area contributed by atoms with Gasteiger partial charge in [0.05, 0.1) is 5.56 Å². The fourth-order valence-electron chi connectivity index (χ4n) is 5.84. The summed E-state index contributed by atoms with van der Waals surface area (Å²) in [6.07, 6.45) is 11.9. The molecule has 3 heterocycles. The number of carbonyl (C=O) groups is 1. The van der Waals surface area contributed by atoms with Crippen molar-refractivity contribution in [2.45, 2.75) is 81.0 Å². The summed E-state index contributed by atoms with van der Waals surface area (Å²) in [5.74, 6) is 0.826. The van der Waals surface area contributed by atoms with E-state index in [-0.39, 0.29) is 10.1 Å². The molecule has 1 aliphatic carbocycles. The average molecular weight is 487 g/mol. The molecular weight excluding hydrogens is 452 g/mol. The summed E-state index contributed by atoms with van der Waals surface area (Å²) in [5.41, 5.74) is 2.82. The molecule has 178 valence electrons. The Morgan fingerprint density at radius 1 is 0.970 bits per heavy atom. The monoisotopic (exact) mass is 486 g/mol. The lowest BCUT2D eigenvalue weighted by atomic mass is 9.85. The molecule has 0 spiro atoms. The van der Waals surface area contributed by atoms with E-state index in [9.17, 15) is 13.2 Å². The third kappa shape index (κ3) is 4.91. The molecule has 1 saturated carbocycles. The molecule has 2 aliphatic heterocycles. The minimum Gasteiger partial charge on any atom is -0.336 e. The number of thiophene rings is 1. The summed E-state index contributed by atoms with van der Waals surface area (Å²) in [6.45, 7) is 1.67. The standard InChI is InChI=1S/C26H34N2O3S2/c29-26(28-15-6-11-24(28)13-12-20-7-2-1-3-8-20)23-17-25(32-19-23)33(30,31)27-16-14-21-9-4-5-10-22(21)18-27/h4-5,9-10,17,19-20,24H,1-3,6-8,11-16,18H2. The van der Waals surface area contributed by atoms with Gasteiger partial charge in [-0.2, -0.15) is 4.31 Å². The highest BCUT2D eigenvalue weighted by Crippen LogP contribution is 2.33. The van der Waals surface area contributed by atoms with Gasteiger partial charge in [0.25, 0.3) is 15.9 Å². The Kier molecular flexibility index (Phi) is 6.91. The Balaban J connectivity index is 1.25. The van der Waals surface area contributed by atoms with E-state index in [2.05, 4.69) is 6.07 Å². The summed E-state index contributed by atoms with van der Waals surface area (Å²) in [5, 5.41) is 1.74. The van der Waals surface area contributed by atoms with E-state index in [1.165, 1.54) is 55.4 Å². The molecule has 2 fully saturated rings. The lowest BCUT2D eigenvalue weighted by molar-refractivity contribution is 0.0724. The first-order valence-corrected chi connectivity index (χ1v) is 14.8. The van der Waals surface area contributed by atoms with E-state index in [4.69, 9.17) is 0 Å². The molecule has 5 rings (SSSR count). The highest BCUT2D eigenvalue weighted by molar-refractivity contribution is 7.91. The van der Waals surface area contributed by atoms with Crippen molar-refractivity contribution in [3.8, 4) is 0 Å². The van der Waals surface area contributed by atoms with Crippen LogP contribution in [-0.4, -0.2) is 42.7 Å². The number of fused-ring (bicyclic) bond motifs is 1. The zero-order valence-electron chi connectivity index (χ0n) is 19.2. The largest absolute Gasteiger partial charge is 0.336 e. The highest BCUT2D eigenvalue weighted by atomic mass is 32.2. The molecule has 7 heteroatoms. The zero-order chi connectivity index (χ0) is 22.8. The Bertz CT molecular complexity index is 1090. The van der Waals surface area contributed by atoms with Gasteiger partial charge in [-0.1, -0.05) is 56.4 Å². The van der Waals surface area contributed by atoms with Gasteiger partial charge in [0.1, 0.15) is 4.21 Å². The molecule has 1 saturated heterocycles. The van der Waals surface area contributed by atoms with Crippen molar-refractivity contribution >= 4 is 27.3 Å². The molecule has 1 amide bonds. The number of nitrogens with zero attached hydrogens (tertiary/aromatic N) is 2. The van der Waals surface area contributed by atoms with Crippen molar-refractivity contribution in [1.82, 2.24) is 9.21 Å². The van der Waals surface area contributed by atoms with Gasteiger partial charge >= 0.3 is 0 Å². The molecule has 0 bridgehead atoms. The number of carbonyl (C=O) groups excluding carboxylic acids is 1. The predicted molar refractivity (Wildman–Crippen MR) is 132 cm³/mol. The Hall–Kier alpha value is -1.70. The lowest BCUT2D eigenvalue weighted by Gasteiger charge is -2.28. The Morgan fingerprint density at radius 2 is 1.76 bits per heavy atom. The molecule has 1 atom stereocenters. The van der Waals surface area contributed by atoms with E-state index in [1.54, 1.807) is 15.8 Å². The van der Waals surface area contributed by atoms with Gasteiger partial charge in [-0.25, -0.2) is 8.42 Å². The highest BCUT2D eigenvalue weighted by Gasteiger charge is 2.33. The van der Waals surface area contributed by atoms with Crippen LogP contribution in [0.3, 0.4) is 0 Å². The third-order valence-corrected chi connectivity index (χ3v) is 11.0. The van der Waals surface area contributed by atoms with Crippen molar-refractivity contribution in [2.75, 3.05) is 13.1 Å². The number of likely N-dealkylation sites (tertiary alicyclic amines) is 1. The predicted octanol–water partition coefficient (Wildman–Crippen LogP) is 5.46. The molecular formula is C26H34N2O3S2. The lowest BCUT2D eigenvalue weighted by Crippen LogP contribution is -2.36. The first-order chi connectivity index (χ1) is 16.0. The van der Waals surface area contributed by atoms with Crippen molar-refractivity contribution in [2.24, 2.45) is 5.92 Å². The zero-order valence-corrected chi connectivity index (χ0v) is 20.9. The van der Waals surface area contributed by atoms with Gasteiger partial charge < -0.3 is 4.90 Å². The summed E-state index contributed by atoms with van der Waals surface area (Å²) in [6, 6.07) is 9.94. The van der Waals surface area contributed by atoms with E-state index < -0.39 is 10.0 Å². The molecule has 0 radical (unpaired) electrons. The van der Waals surface area contributed by atoms with Crippen LogP contribution in [0.25, 0.3) is 0 Å². The fourth-order valence-corrected chi connectivity index (χ4v) is 8.56. The minimum atomic E-state index is -3.60. The molecule has 2 aromatic rings. The molecule has 1 aromatic heterocycles. The molecule has 0 N–H and O–H groups in total. The molecule has 1 aromatic carbocycles. The van der Waals surface area contributed by atoms with Crippen LogP contribution < -0.4 is 0 Å². The van der Waals surface area contributed by atoms with Crippen LogP contribution >= 0.6 is 11.3 Å². The fraction of sp³-hybridized carbons (Fsp3) is 0.577. The van der Waals surface area contributed by atoms with Gasteiger partial charge in [-0.15, -0.1) is 11.3 Å². The first-order valence-electron chi connectivity index (χ1n) is 12.5. The van der Waals surface area contributed by atoms with Crippen LogP contribution in [-0.2, 0) is 23.0 Å². The van der Waals surface area contributed by atoms with Crippen molar-refractivity contribution in [3.05, 3.63) is 52.4 Å². The van der Waals surface area contributed by atoms with Crippen molar-refractivity contribution < 1.29 is 13.2 Å². The molecule has 5 nitrogen and oxygen atoms in total. The summed E-state index contributed by atoms with van der Waals surface area (Å²) in [4.78, 5) is 15.3. The van der Waals surface area contributed by atoms with Crippen molar-refractivity contribution in [1.29, 1.82) is 0 Å². The molecule has 3 aliphatic rings. The maximum Gasteiger partial charge on any atom is 0.254 e. The average Bonchev–Trinajstić information content (AvgIpc) is 3.53. The minimum absolute atomic E-state index is 0.00262. The SMILES string of the molecule is O=C(c1csc(S(=O)(=O)N2CCc3ccccc3C2)c1)N1CCCC1CCC1CCCCC1. The molecule has 33 heavy (non-hydrogen) atoms. The summed E-state index contributed by atoms with van der Waals surface area (Å²) < 4.78 is 28.4. The third-order valence-electron chi connectivity index (χ3n) is 7.78. The number of benzene rings is 1. The van der Waals surface area contributed by atoms with Gasteiger partial charge in [-0.3, -0.25) is 4.79 Å². The quantitative estimate of drug-likeness (QED) is 0.545. The van der Waals surface area contributed by atoms with Gasteiger partial charge in [0, 0.05) is 31.1 Å². The smallest absolute Gasteiger partial charge is 0.254 e. The van der Waals surface area contributed by atoms with Gasteiger partial charge in [0.2, 0.25) is 0 Å². The van der Waals surface area contributed by atoms with Crippen LogP contribution in [0, 0.1) is 5.92 Å². The number of amides is 1. The number of hydrogen-bond acceptors (Lipinski definition) is 4. The van der Waals surface area contributed by atoms with E-state index in [1.807, 2.05) is 23.1 Å². The van der Waals surface area contributed by atoms with Crippen LogP contribution in [0.2, 0.25) is 0 Å². The van der Waals surface area contributed by atoms with Gasteiger partial charge in [0.15, 0.2) is 0 Å². The molecule has 1 unspecified atom stereocenters. The second-order valence-corrected chi connectivity index (χ2v) is 13.0. The maximum absolute atomic E-state index is 13.3. The maximum atomic E-state index is 13.3. The second kappa shape index (κ2) is 9.88. The van der Waals surface area contributed by atoms with Crippen LogP contribution in [0.4, 0.5) is 0 Å². The normalized spacial score (nSPS) is 22.4. The first kappa shape index (κ1) is 23.1. The number of rotatable bonds is 6. The second-order valence-electron chi connectivity index (χ2n) is 9.89. The summed E-state index contributed by atoms with van der Waals surface area (Å²) in [7, 11) is -3.60. The Labute approximate surface area is 201 Å². The van der Waals surface area contributed by atoms with E-state index >= 15 is 0 Å². The van der Waals surface area contributed by atoms with Crippen LogP contribution in [0.5, 0.6) is 0 Å². The van der Waals surface area contributed by atoms with Crippen LogP contribution in [0.15, 0.2) is 39.9 Å². The van der Waals surface area contributed by atoms with E-state index in [0.29, 0.717) is 24.7 Å².